The van der Waals surface area contributed by atoms with Crippen molar-refractivity contribution in [2.45, 2.75) is 40.5 Å². The van der Waals surface area contributed by atoms with Crippen molar-refractivity contribution >= 4 is 11.4 Å². The average Bonchev–Trinajstić information content (AvgIpc) is 3.10. The standard InChI is InChI=1S/C18H22N4O3/c1-9(2)16-17(12(5)25-22-16)20-14-7-13(8-19-18(14)23-6)15-10(3)21-24-11(15)4/h7-9,20H,1-6H3. The van der Waals surface area contributed by atoms with Crippen LogP contribution in [0.25, 0.3) is 11.1 Å². The van der Waals surface area contributed by atoms with Crippen molar-refractivity contribution in [3.63, 3.8) is 0 Å². The molecule has 0 aliphatic rings. The number of hydrogen-bond acceptors (Lipinski definition) is 7. The molecular formula is C18H22N4O3. The SMILES string of the molecule is COc1ncc(-c2c(C)noc2C)cc1Nc1c(C(C)C)noc1C. The molecule has 3 heterocycles. The maximum Gasteiger partial charge on any atom is 0.237 e. The molecule has 0 aliphatic carbocycles. The van der Waals surface area contributed by atoms with E-state index in [2.05, 4.69) is 34.5 Å². The van der Waals surface area contributed by atoms with E-state index in [0.29, 0.717) is 11.6 Å². The Morgan fingerprint density at radius 1 is 1.08 bits per heavy atom. The van der Waals surface area contributed by atoms with Crippen LogP contribution in [0.5, 0.6) is 5.88 Å². The van der Waals surface area contributed by atoms with E-state index in [1.807, 2.05) is 26.8 Å². The van der Waals surface area contributed by atoms with E-state index < -0.39 is 0 Å². The molecule has 0 saturated carbocycles. The monoisotopic (exact) mass is 342 g/mol. The zero-order valence-electron chi connectivity index (χ0n) is 15.3. The van der Waals surface area contributed by atoms with Gasteiger partial charge in [-0.25, -0.2) is 4.98 Å². The topological polar surface area (TPSA) is 86.2 Å². The van der Waals surface area contributed by atoms with Gasteiger partial charge in [-0.2, -0.15) is 0 Å². The zero-order valence-corrected chi connectivity index (χ0v) is 15.3. The minimum atomic E-state index is 0.227. The molecule has 0 atom stereocenters. The van der Waals surface area contributed by atoms with Gasteiger partial charge in [-0.3, -0.25) is 0 Å². The van der Waals surface area contributed by atoms with Crippen LogP contribution in [0.1, 0.15) is 42.7 Å². The quantitative estimate of drug-likeness (QED) is 0.729. The highest BCUT2D eigenvalue weighted by Gasteiger charge is 2.19. The second-order valence-corrected chi connectivity index (χ2v) is 6.26. The predicted octanol–water partition coefficient (Wildman–Crippen LogP) is 4.53. The maximum absolute atomic E-state index is 5.40. The first kappa shape index (κ1) is 17.0. The Balaban J connectivity index is 2.07. The van der Waals surface area contributed by atoms with Gasteiger partial charge in [0, 0.05) is 23.2 Å². The van der Waals surface area contributed by atoms with Crippen molar-refractivity contribution < 1.29 is 13.8 Å². The number of hydrogen-bond donors (Lipinski definition) is 1. The number of aromatic nitrogens is 3. The number of anilines is 2. The number of nitrogens with one attached hydrogen (secondary N) is 1. The van der Waals surface area contributed by atoms with E-state index in [4.69, 9.17) is 13.8 Å². The van der Waals surface area contributed by atoms with Gasteiger partial charge >= 0.3 is 0 Å². The molecule has 0 unspecified atom stereocenters. The van der Waals surface area contributed by atoms with Gasteiger partial charge in [0.15, 0.2) is 5.76 Å². The van der Waals surface area contributed by atoms with E-state index >= 15 is 0 Å². The van der Waals surface area contributed by atoms with Crippen molar-refractivity contribution in [3.8, 4) is 17.0 Å². The molecule has 0 bridgehead atoms. The largest absolute Gasteiger partial charge is 0.480 e. The fourth-order valence-corrected chi connectivity index (χ4v) is 2.81. The number of aryl methyl sites for hydroxylation is 3. The van der Waals surface area contributed by atoms with Crippen LogP contribution >= 0.6 is 0 Å². The zero-order chi connectivity index (χ0) is 18.1. The molecule has 132 valence electrons. The van der Waals surface area contributed by atoms with Crippen LogP contribution < -0.4 is 10.1 Å². The molecule has 3 aromatic heterocycles. The van der Waals surface area contributed by atoms with Gasteiger partial charge in [0.25, 0.3) is 0 Å². The Morgan fingerprint density at radius 3 is 2.40 bits per heavy atom. The summed E-state index contributed by atoms with van der Waals surface area (Å²) >= 11 is 0. The van der Waals surface area contributed by atoms with E-state index in [-0.39, 0.29) is 5.92 Å². The van der Waals surface area contributed by atoms with Gasteiger partial charge in [0.05, 0.1) is 12.8 Å². The number of nitrogens with zero attached hydrogens (tertiary/aromatic N) is 3. The van der Waals surface area contributed by atoms with Crippen molar-refractivity contribution in [1.29, 1.82) is 0 Å². The third kappa shape index (κ3) is 3.09. The molecule has 7 nitrogen and oxygen atoms in total. The lowest BCUT2D eigenvalue weighted by Crippen LogP contribution is -2.01. The van der Waals surface area contributed by atoms with Crippen LogP contribution in [0.2, 0.25) is 0 Å². The van der Waals surface area contributed by atoms with Crippen molar-refractivity contribution in [2.75, 3.05) is 12.4 Å². The molecular weight excluding hydrogens is 320 g/mol. The van der Waals surface area contributed by atoms with E-state index in [1.165, 1.54) is 0 Å². The fourth-order valence-electron chi connectivity index (χ4n) is 2.81. The second kappa shape index (κ2) is 6.58. The Bertz CT molecular complexity index is 876. The average molecular weight is 342 g/mol. The summed E-state index contributed by atoms with van der Waals surface area (Å²) in [7, 11) is 1.59. The number of rotatable bonds is 5. The molecule has 0 radical (unpaired) electrons. The molecule has 1 N–H and O–H groups in total. The van der Waals surface area contributed by atoms with Crippen LogP contribution in [0.4, 0.5) is 11.4 Å². The van der Waals surface area contributed by atoms with E-state index in [0.717, 1.165) is 39.6 Å². The molecule has 0 aliphatic heterocycles. The van der Waals surface area contributed by atoms with Gasteiger partial charge in [-0.15, -0.1) is 0 Å². The summed E-state index contributed by atoms with van der Waals surface area (Å²) in [5.74, 6) is 2.18. The third-order valence-electron chi connectivity index (χ3n) is 4.06. The first-order valence-corrected chi connectivity index (χ1v) is 8.12. The summed E-state index contributed by atoms with van der Waals surface area (Å²) in [6.45, 7) is 9.80. The number of ether oxygens (including phenoxy) is 1. The minimum absolute atomic E-state index is 0.227. The van der Waals surface area contributed by atoms with Gasteiger partial charge in [-0.1, -0.05) is 24.2 Å². The summed E-state index contributed by atoms with van der Waals surface area (Å²) in [6.07, 6.45) is 1.75. The molecule has 0 spiro atoms. The minimum Gasteiger partial charge on any atom is -0.480 e. The lowest BCUT2D eigenvalue weighted by atomic mass is 10.1. The lowest BCUT2D eigenvalue weighted by Gasteiger charge is -2.13. The lowest BCUT2D eigenvalue weighted by molar-refractivity contribution is 0.388. The Morgan fingerprint density at radius 2 is 1.80 bits per heavy atom. The molecule has 0 aromatic carbocycles. The van der Waals surface area contributed by atoms with Crippen molar-refractivity contribution in [2.24, 2.45) is 0 Å². The van der Waals surface area contributed by atoms with Crippen LogP contribution in [0.15, 0.2) is 21.3 Å². The summed E-state index contributed by atoms with van der Waals surface area (Å²) in [5, 5.41) is 11.5. The molecule has 3 aromatic rings. The summed E-state index contributed by atoms with van der Waals surface area (Å²) in [6, 6.07) is 1.97. The van der Waals surface area contributed by atoms with Crippen molar-refractivity contribution in [3.05, 3.63) is 35.2 Å². The smallest absolute Gasteiger partial charge is 0.237 e. The number of methoxy groups -OCH3 is 1. The molecule has 0 amide bonds. The maximum atomic E-state index is 5.40. The predicted molar refractivity (Wildman–Crippen MR) is 94.4 cm³/mol. The summed E-state index contributed by atoms with van der Waals surface area (Å²) in [5.41, 5.74) is 5.09. The van der Waals surface area contributed by atoms with Crippen molar-refractivity contribution in [1.82, 2.24) is 15.3 Å². The van der Waals surface area contributed by atoms with Gasteiger partial charge < -0.3 is 19.1 Å². The van der Waals surface area contributed by atoms with Crippen LogP contribution in [0, 0.1) is 20.8 Å². The first-order valence-electron chi connectivity index (χ1n) is 8.12. The number of pyridine rings is 1. The first-order chi connectivity index (χ1) is 11.9. The second-order valence-electron chi connectivity index (χ2n) is 6.26. The van der Waals surface area contributed by atoms with Crippen LogP contribution in [0.3, 0.4) is 0 Å². The van der Waals surface area contributed by atoms with Crippen LogP contribution in [-0.4, -0.2) is 22.4 Å². The van der Waals surface area contributed by atoms with Gasteiger partial charge in [0.1, 0.15) is 22.8 Å². The third-order valence-corrected chi connectivity index (χ3v) is 4.06. The Kier molecular flexibility index (Phi) is 4.48. The van der Waals surface area contributed by atoms with Crippen LogP contribution in [-0.2, 0) is 0 Å². The molecule has 3 rings (SSSR count). The highest BCUT2D eigenvalue weighted by atomic mass is 16.5. The molecule has 7 heteroatoms. The molecule has 25 heavy (non-hydrogen) atoms. The van der Waals surface area contributed by atoms with Gasteiger partial charge in [-0.05, 0) is 26.8 Å². The highest BCUT2D eigenvalue weighted by Crippen LogP contribution is 2.36. The molecule has 0 fully saturated rings. The normalized spacial score (nSPS) is 11.2. The Hall–Kier alpha value is -2.83. The van der Waals surface area contributed by atoms with Gasteiger partial charge in [0.2, 0.25) is 5.88 Å². The summed E-state index contributed by atoms with van der Waals surface area (Å²) in [4.78, 5) is 4.41. The van der Waals surface area contributed by atoms with E-state index in [1.54, 1.807) is 13.3 Å². The fraction of sp³-hybridized carbons (Fsp3) is 0.389. The highest BCUT2D eigenvalue weighted by molar-refractivity contribution is 5.76. The Labute approximate surface area is 146 Å². The summed E-state index contributed by atoms with van der Waals surface area (Å²) < 4.78 is 16.0. The molecule has 0 saturated heterocycles. The van der Waals surface area contributed by atoms with E-state index in [9.17, 15) is 0 Å².